The SMILES string of the molecule is CCCCC/C=C\C/C=C\C/C=C\C/C=C\CCCCCC(=O)OC[C@@H](COC(=O)CCCCCCC/C=C\CCCCCCC)OC(=O)CCCCCCC/C=C\CCCCCCC. The normalized spacial score (nSPS) is 12.6. The minimum absolute atomic E-state index is 0.0931. The van der Waals surface area contributed by atoms with Crippen molar-refractivity contribution in [3.8, 4) is 0 Å². The van der Waals surface area contributed by atoms with E-state index in [9.17, 15) is 14.4 Å². The molecule has 0 fully saturated rings. The second-order valence-corrected chi connectivity index (χ2v) is 18.1. The van der Waals surface area contributed by atoms with Gasteiger partial charge in [0.15, 0.2) is 6.10 Å². The Labute approximate surface area is 402 Å². The molecule has 1 atom stereocenters. The van der Waals surface area contributed by atoms with Crippen LogP contribution in [0, 0.1) is 0 Å². The summed E-state index contributed by atoms with van der Waals surface area (Å²) in [5.74, 6) is -0.937. The predicted octanol–water partition coefficient (Wildman–Crippen LogP) is 18.2. The molecule has 374 valence electrons. The second-order valence-electron chi connectivity index (χ2n) is 18.1. The summed E-state index contributed by atoms with van der Waals surface area (Å²) in [6.07, 6.45) is 67.4. The second kappa shape index (κ2) is 53.5. The first-order valence-electron chi connectivity index (χ1n) is 27.4. The minimum Gasteiger partial charge on any atom is -0.462 e. The van der Waals surface area contributed by atoms with Crippen LogP contribution >= 0.6 is 0 Å². The molecule has 0 bridgehead atoms. The van der Waals surface area contributed by atoms with E-state index in [2.05, 4.69) is 93.7 Å². The van der Waals surface area contributed by atoms with Crippen molar-refractivity contribution in [2.45, 2.75) is 271 Å². The van der Waals surface area contributed by atoms with Crippen molar-refractivity contribution >= 4 is 17.9 Å². The highest BCUT2D eigenvalue weighted by molar-refractivity contribution is 5.71. The van der Waals surface area contributed by atoms with Gasteiger partial charge in [0, 0.05) is 19.3 Å². The molecule has 0 heterocycles. The van der Waals surface area contributed by atoms with Crippen molar-refractivity contribution in [2.75, 3.05) is 13.2 Å². The van der Waals surface area contributed by atoms with Crippen molar-refractivity contribution in [1.29, 1.82) is 0 Å². The van der Waals surface area contributed by atoms with Gasteiger partial charge in [0.1, 0.15) is 13.2 Å². The van der Waals surface area contributed by atoms with Crippen LogP contribution in [-0.4, -0.2) is 37.2 Å². The number of ether oxygens (including phenoxy) is 3. The quantitative estimate of drug-likeness (QED) is 0.0262. The van der Waals surface area contributed by atoms with E-state index in [-0.39, 0.29) is 31.1 Å². The molecule has 6 heteroatoms. The van der Waals surface area contributed by atoms with E-state index in [4.69, 9.17) is 14.2 Å². The average molecular weight is 907 g/mol. The van der Waals surface area contributed by atoms with Crippen molar-refractivity contribution in [3.63, 3.8) is 0 Å². The first-order valence-corrected chi connectivity index (χ1v) is 27.4. The van der Waals surface area contributed by atoms with Crippen molar-refractivity contribution in [2.24, 2.45) is 0 Å². The molecule has 0 N–H and O–H groups in total. The first-order chi connectivity index (χ1) is 32.0. The lowest BCUT2D eigenvalue weighted by molar-refractivity contribution is -0.167. The van der Waals surface area contributed by atoms with Gasteiger partial charge in [-0.1, -0.05) is 203 Å². The fourth-order valence-corrected chi connectivity index (χ4v) is 7.47. The third-order valence-electron chi connectivity index (χ3n) is 11.7. The maximum atomic E-state index is 12.8. The lowest BCUT2D eigenvalue weighted by atomic mass is 10.1. The van der Waals surface area contributed by atoms with E-state index in [0.717, 1.165) is 103 Å². The molecular weight excluding hydrogens is 805 g/mol. The number of rotatable bonds is 49. The van der Waals surface area contributed by atoms with E-state index in [0.29, 0.717) is 19.3 Å². The van der Waals surface area contributed by atoms with E-state index >= 15 is 0 Å². The van der Waals surface area contributed by atoms with Crippen LogP contribution in [0.25, 0.3) is 0 Å². The number of unbranched alkanes of at least 4 members (excludes halogenated alkanes) is 26. The molecule has 6 nitrogen and oxygen atoms in total. The van der Waals surface area contributed by atoms with Crippen LogP contribution in [0.15, 0.2) is 72.9 Å². The summed E-state index contributed by atoms with van der Waals surface area (Å²) in [5.41, 5.74) is 0. The number of carbonyl (C=O) groups is 3. The summed E-state index contributed by atoms with van der Waals surface area (Å²) in [4.78, 5) is 38.0. The topological polar surface area (TPSA) is 78.9 Å². The van der Waals surface area contributed by atoms with Crippen LogP contribution in [0.5, 0.6) is 0 Å². The standard InChI is InChI=1S/C59H102O6/c1-4-7-10-13-16-19-22-25-28-29-30-31-32-35-37-40-43-46-49-52-58(61)64-55-56(65-59(62)53-50-47-44-41-38-34-27-24-21-18-15-12-9-6-3)54-63-57(60)51-48-45-42-39-36-33-26-23-20-17-14-11-8-5-2/h16,19,23-28,30-31,35,37,56H,4-15,17-18,20-22,29,32-34,36,38-55H2,1-3H3/b19-16-,26-23-,27-24-,28-25-,31-30-,37-35-/t56-/m1/s1. The van der Waals surface area contributed by atoms with Crippen molar-refractivity contribution in [3.05, 3.63) is 72.9 Å². The molecule has 0 aromatic carbocycles. The maximum absolute atomic E-state index is 12.8. The molecule has 65 heavy (non-hydrogen) atoms. The predicted molar refractivity (Wildman–Crippen MR) is 279 cm³/mol. The van der Waals surface area contributed by atoms with E-state index in [1.807, 2.05) is 0 Å². The van der Waals surface area contributed by atoms with Crippen molar-refractivity contribution in [1.82, 2.24) is 0 Å². The average Bonchev–Trinajstić information content (AvgIpc) is 3.30. The number of esters is 3. The number of carbonyl (C=O) groups excluding carboxylic acids is 3. The number of hydrogen-bond acceptors (Lipinski definition) is 6. The van der Waals surface area contributed by atoms with Gasteiger partial charge < -0.3 is 14.2 Å². The highest BCUT2D eigenvalue weighted by Gasteiger charge is 2.19. The zero-order valence-electron chi connectivity index (χ0n) is 42.7. The molecule has 0 aromatic heterocycles. The van der Waals surface area contributed by atoms with E-state index in [1.54, 1.807) is 0 Å². The Morgan fingerprint density at radius 3 is 0.923 bits per heavy atom. The number of hydrogen-bond donors (Lipinski definition) is 0. The Hall–Kier alpha value is -3.15. The highest BCUT2D eigenvalue weighted by Crippen LogP contribution is 2.14. The summed E-state index contributed by atoms with van der Waals surface area (Å²) in [5, 5.41) is 0. The molecule has 0 aliphatic carbocycles. The minimum atomic E-state index is -0.796. The Morgan fingerprint density at radius 1 is 0.308 bits per heavy atom. The molecule has 0 unspecified atom stereocenters. The summed E-state index contributed by atoms with van der Waals surface area (Å²) < 4.78 is 16.8. The van der Waals surface area contributed by atoms with Crippen LogP contribution in [-0.2, 0) is 28.6 Å². The lowest BCUT2D eigenvalue weighted by Gasteiger charge is -2.18. The Morgan fingerprint density at radius 2 is 0.554 bits per heavy atom. The van der Waals surface area contributed by atoms with Gasteiger partial charge in [-0.25, -0.2) is 0 Å². The Kier molecular flexibility index (Phi) is 50.9. The van der Waals surface area contributed by atoms with Crippen LogP contribution in [0.2, 0.25) is 0 Å². The zero-order chi connectivity index (χ0) is 47.2. The molecule has 0 rings (SSSR count). The van der Waals surface area contributed by atoms with Gasteiger partial charge in [0.2, 0.25) is 0 Å². The molecule has 0 saturated heterocycles. The van der Waals surface area contributed by atoms with Crippen molar-refractivity contribution < 1.29 is 28.6 Å². The Bertz CT molecular complexity index is 1230. The smallest absolute Gasteiger partial charge is 0.306 e. The summed E-state index contributed by atoms with van der Waals surface area (Å²) >= 11 is 0. The van der Waals surface area contributed by atoms with Gasteiger partial charge in [-0.15, -0.1) is 0 Å². The van der Waals surface area contributed by atoms with E-state index in [1.165, 1.54) is 122 Å². The largest absolute Gasteiger partial charge is 0.462 e. The van der Waals surface area contributed by atoms with Gasteiger partial charge in [-0.2, -0.15) is 0 Å². The monoisotopic (exact) mass is 907 g/mol. The maximum Gasteiger partial charge on any atom is 0.306 e. The third kappa shape index (κ3) is 51.7. The summed E-state index contributed by atoms with van der Waals surface area (Å²) in [7, 11) is 0. The number of allylic oxidation sites excluding steroid dienone is 12. The van der Waals surface area contributed by atoms with Crippen LogP contribution in [0.4, 0.5) is 0 Å². The summed E-state index contributed by atoms with van der Waals surface area (Å²) in [6, 6.07) is 0. The lowest BCUT2D eigenvalue weighted by Crippen LogP contribution is -2.30. The van der Waals surface area contributed by atoms with Gasteiger partial charge in [-0.05, 0) is 116 Å². The van der Waals surface area contributed by atoms with Crippen LogP contribution in [0.3, 0.4) is 0 Å². The molecule has 0 aliphatic heterocycles. The molecule has 0 amide bonds. The fraction of sp³-hybridized carbons (Fsp3) is 0.746. The Balaban J connectivity index is 4.45. The third-order valence-corrected chi connectivity index (χ3v) is 11.7. The van der Waals surface area contributed by atoms with Gasteiger partial charge in [0.05, 0.1) is 0 Å². The van der Waals surface area contributed by atoms with Gasteiger partial charge in [0.25, 0.3) is 0 Å². The summed E-state index contributed by atoms with van der Waals surface area (Å²) in [6.45, 7) is 6.56. The molecule has 0 aliphatic rings. The zero-order valence-corrected chi connectivity index (χ0v) is 42.7. The molecule has 0 radical (unpaired) electrons. The van der Waals surface area contributed by atoms with Crippen LogP contribution < -0.4 is 0 Å². The van der Waals surface area contributed by atoms with Crippen LogP contribution in [0.1, 0.15) is 265 Å². The molecule has 0 aromatic rings. The van der Waals surface area contributed by atoms with E-state index < -0.39 is 6.10 Å². The highest BCUT2D eigenvalue weighted by atomic mass is 16.6. The fourth-order valence-electron chi connectivity index (χ4n) is 7.47. The molecule has 0 spiro atoms. The van der Waals surface area contributed by atoms with Gasteiger partial charge >= 0.3 is 17.9 Å². The first kappa shape index (κ1) is 61.9. The molecule has 0 saturated carbocycles. The molecular formula is C59H102O6. The van der Waals surface area contributed by atoms with Gasteiger partial charge in [-0.3, -0.25) is 14.4 Å².